The minimum Gasteiger partial charge on any atom is -0.497 e. The summed E-state index contributed by atoms with van der Waals surface area (Å²) in [5.41, 5.74) is 2.15. The SMILES string of the molecule is COc1ccc(Cn2ncc3sc(C=O)cc32)cc1. The van der Waals surface area contributed by atoms with Crippen molar-refractivity contribution in [2.75, 3.05) is 7.11 Å². The van der Waals surface area contributed by atoms with Crippen molar-refractivity contribution in [3.63, 3.8) is 0 Å². The number of ether oxygens (including phenoxy) is 1. The first-order valence-corrected chi connectivity index (χ1v) is 6.65. The van der Waals surface area contributed by atoms with E-state index in [1.807, 2.05) is 35.0 Å². The van der Waals surface area contributed by atoms with Crippen molar-refractivity contribution >= 4 is 27.8 Å². The molecule has 4 nitrogen and oxygen atoms in total. The third-order valence-electron chi connectivity index (χ3n) is 2.96. The fourth-order valence-corrected chi connectivity index (χ4v) is 2.82. The molecule has 0 saturated heterocycles. The van der Waals surface area contributed by atoms with Gasteiger partial charge in [-0.25, -0.2) is 0 Å². The first kappa shape index (κ1) is 11.9. The summed E-state index contributed by atoms with van der Waals surface area (Å²) >= 11 is 1.46. The van der Waals surface area contributed by atoms with Gasteiger partial charge in [0.2, 0.25) is 0 Å². The molecule has 2 aromatic heterocycles. The first-order valence-electron chi connectivity index (χ1n) is 5.83. The predicted octanol–water partition coefficient (Wildman–Crippen LogP) is 2.97. The summed E-state index contributed by atoms with van der Waals surface area (Å²) < 4.78 is 8.07. The van der Waals surface area contributed by atoms with E-state index >= 15 is 0 Å². The fourth-order valence-electron chi connectivity index (χ4n) is 1.98. The monoisotopic (exact) mass is 272 g/mol. The van der Waals surface area contributed by atoms with Gasteiger partial charge in [-0.05, 0) is 23.8 Å². The Morgan fingerprint density at radius 2 is 2.16 bits per heavy atom. The van der Waals surface area contributed by atoms with E-state index in [2.05, 4.69) is 5.10 Å². The third-order valence-corrected chi connectivity index (χ3v) is 3.94. The van der Waals surface area contributed by atoms with Gasteiger partial charge in [-0.3, -0.25) is 9.48 Å². The zero-order valence-corrected chi connectivity index (χ0v) is 11.2. The number of carbonyl (C=O) groups excluding carboxylic acids is 1. The molecule has 19 heavy (non-hydrogen) atoms. The number of benzene rings is 1. The van der Waals surface area contributed by atoms with Crippen molar-refractivity contribution in [3.05, 3.63) is 47.0 Å². The van der Waals surface area contributed by atoms with Gasteiger partial charge in [0, 0.05) is 0 Å². The van der Waals surface area contributed by atoms with Crippen LogP contribution in [0.2, 0.25) is 0 Å². The molecule has 0 fully saturated rings. The lowest BCUT2D eigenvalue weighted by Gasteiger charge is -2.04. The lowest BCUT2D eigenvalue weighted by atomic mass is 10.2. The van der Waals surface area contributed by atoms with E-state index < -0.39 is 0 Å². The number of carbonyl (C=O) groups is 1. The summed E-state index contributed by atoms with van der Waals surface area (Å²) in [6, 6.07) is 9.77. The van der Waals surface area contributed by atoms with Crippen molar-refractivity contribution in [2.24, 2.45) is 0 Å². The Hall–Kier alpha value is -2.14. The molecule has 3 rings (SSSR count). The van der Waals surface area contributed by atoms with Crippen LogP contribution in [-0.2, 0) is 6.54 Å². The van der Waals surface area contributed by atoms with E-state index in [4.69, 9.17) is 4.74 Å². The topological polar surface area (TPSA) is 44.1 Å². The summed E-state index contributed by atoms with van der Waals surface area (Å²) in [4.78, 5) is 11.5. The largest absolute Gasteiger partial charge is 0.497 e. The van der Waals surface area contributed by atoms with Gasteiger partial charge in [0.15, 0.2) is 6.29 Å². The number of rotatable bonds is 4. The maximum atomic E-state index is 10.8. The van der Waals surface area contributed by atoms with Crippen molar-refractivity contribution in [1.29, 1.82) is 0 Å². The molecule has 0 aliphatic rings. The van der Waals surface area contributed by atoms with Crippen molar-refractivity contribution in [3.8, 4) is 5.75 Å². The molecule has 0 spiro atoms. The molecule has 0 amide bonds. The van der Waals surface area contributed by atoms with Crippen molar-refractivity contribution in [1.82, 2.24) is 9.78 Å². The molecule has 96 valence electrons. The Labute approximate surface area is 114 Å². The van der Waals surface area contributed by atoms with Crippen LogP contribution in [0, 0.1) is 0 Å². The number of aldehydes is 1. The van der Waals surface area contributed by atoms with Crippen LogP contribution in [0.1, 0.15) is 15.2 Å². The van der Waals surface area contributed by atoms with Crippen molar-refractivity contribution in [2.45, 2.75) is 6.54 Å². The standard InChI is InChI=1S/C14H12N2O2S/c1-18-11-4-2-10(3-5-11)8-16-13-6-12(9-17)19-14(13)7-15-16/h2-7,9H,8H2,1H3. The van der Waals surface area contributed by atoms with E-state index in [1.165, 1.54) is 11.3 Å². The maximum Gasteiger partial charge on any atom is 0.160 e. The second kappa shape index (κ2) is 4.85. The van der Waals surface area contributed by atoms with Crippen molar-refractivity contribution < 1.29 is 9.53 Å². The molecule has 0 radical (unpaired) electrons. The van der Waals surface area contributed by atoms with Crippen LogP contribution >= 0.6 is 11.3 Å². The molecule has 0 atom stereocenters. The Bertz CT molecular complexity index is 713. The molecule has 0 N–H and O–H groups in total. The molecule has 3 aromatic rings. The molecule has 0 aliphatic carbocycles. The Morgan fingerprint density at radius 1 is 1.37 bits per heavy atom. The molecule has 0 aliphatic heterocycles. The van der Waals surface area contributed by atoms with E-state index in [0.717, 1.165) is 32.7 Å². The smallest absolute Gasteiger partial charge is 0.160 e. The van der Waals surface area contributed by atoms with E-state index in [-0.39, 0.29) is 0 Å². The highest BCUT2D eigenvalue weighted by Crippen LogP contribution is 2.24. The molecule has 0 unspecified atom stereocenters. The average Bonchev–Trinajstić information content (AvgIpc) is 3.01. The highest BCUT2D eigenvalue weighted by molar-refractivity contribution is 7.20. The summed E-state index contributed by atoms with van der Waals surface area (Å²) in [6.45, 7) is 0.683. The average molecular weight is 272 g/mol. The second-order valence-corrected chi connectivity index (χ2v) is 5.28. The lowest BCUT2D eigenvalue weighted by molar-refractivity contribution is 0.112. The zero-order valence-electron chi connectivity index (χ0n) is 10.4. The number of thiophene rings is 1. The van der Waals surface area contributed by atoms with Gasteiger partial charge in [-0.1, -0.05) is 12.1 Å². The number of aromatic nitrogens is 2. The number of nitrogens with zero attached hydrogens (tertiary/aromatic N) is 2. The van der Waals surface area contributed by atoms with Gasteiger partial charge in [-0.2, -0.15) is 5.10 Å². The molecular formula is C14H12N2O2S. The van der Waals surface area contributed by atoms with Crippen LogP contribution in [0.25, 0.3) is 10.2 Å². The second-order valence-electron chi connectivity index (χ2n) is 4.17. The summed E-state index contributed by atoms with van der Waals surface area (Å²) in [7, 11) is 1.65. The lowest BCUT2D eigenvalue weighted by Crippen LogP contribution is -2.00. The van der Waals surface area contributed by atoms with Gasteiger partial charge in [-0.15, -0.1) is 11.3 Å². The minimum absolute atomic E-state index is 0.683. The van der Waals surface area contributed by atoms with Crippen LogP contribution < -0.4 is 4.74 Å². The van der Waals surface area contributed by atoms with Gasteiger partial charge in [0.25, 0.3) is 0 Å². The Kier molecular flexibility index (Phi) is 3.05. The zero-order chi connectivity index (χ0) is 13.2. The highest BCUT2D eigenvalue weighted by atomic mass is 32.1. The van der Waals surface area contributed by atoms with Crippen LogP contribution in [0.15, 0.2) is 36.5 Å². The molecule has 5 heteroatoms. The maximum absolute atomic E-state index is 10.8. The quantitative estimate of drug-likeness (QED) is 0.686. The van der Waals surface area contributed by atoms with Crippen LogP contribution in [0.5, 0.6) is 5.75 Å². The van der Waals surface area contributed by atoms with E-state index in [1.54, 1.807) is 13.3 Å². The van der Waals surface area contributed by atoms with E-state index in [9.17, 15) is 4.79 Å². The molecule has 2 heterocycles. The Morgan fingerprint density at radius 3 is 2.84 bits per heavy atom. The van der Waals surface area contributed by atoms with Gasteiger partial charge >= 0.3 is 0 Å². The first-order chi connectivity index (χ1) is 9.30. The molecule has 1 aromatic carbocycles. The fraction of sp³-hybridized carbons (Fsp3) is 0.143. The summed E-state index contributed by atoms with van der Waals surface area (Å²) in [5.74, 6) is 0.841. The number of hydrogen-bond donors (Lipinski definition) is 0. The van der Waals surface area contributed by atoms with Crippen LogP contribution in [0.3, 0.4) is 0 Å². The number of fused-ring (bicyclic) bond motifs is 1. The molecule has 0 bridgehead atoms. The summed E-state index contributed by atoms with van der Waals surface area (Å²) in [5, 5.41) is 4.35. The van der Waals surface area contributed by atoms with Crippen LogP contribution in [0.4, 0.5) is 0 Å². The predicted molar refractivity (Wildman–Crippen MR) is 75.1 cm³/mol. The third kappa shape index (κ3) is 2.24. The van der Waals surface area contributed by atoms with Gasteiger partial charge in [0.05, 0.1) is 34.9 Å². The summed E-state index contributed by atoms with van der Waals surface area (Å²) in [6.07, 6.45) is 2.68. The number of hydrogen-bond acceptors (Lipinski definition) is 4. The Balaban J connectivity index is 1.91. The number of methoxy groups -OCH3 is 1. The molecular weight excluding hydrogens is 260 g/mol. The van der Waals surface area contributed by atoms with Crippen LogP contribution in [-0.4, -0.2) is 23.2 Å². The minimum atomic E-state index is 0.683. The van der Waals surface area contributed by atoms with Gasteiger partial charge in [0.1, 0.15) is 5.75 Å². The van der Waals surface area contributed by atoms with E-state index in [0.29, 0.717) is 6.54 Å². The normalized spacial score (nSPS) is 10.8. The van der Waals surface area contributed by atoms with Gasteiger partial charge < -0.3 is 4.74 Å². The molecule has 0 saturated carbocycles. The highest BCUT2D eigenvalue weighted by Gasteiger charge is 2.08.